The largest absolute Gasteiger partial charge is 0.367 e. The molecule has 0 aliphatic carbocycles. The Hall–Kier alpha value is -1.02. The van der Waals surface area contributed by atoms with Gasteiger partial charge in [0.2, 0.25) is 0 Å². The molecule has 1 aromatic carbocycles. The zero-order valence-corrected chi connectivity index (χ0v) is 10.4. The van der Waals surface area contributed by atoms with Crippen molar-refractivity contribution >= 4 is 5.69 Å². The number of benzene rings is 1. The Morgan fingerprint density at radius 3 is 2.94 bits per heavy atom. The van der Waals surface area contributed by atoms with Crippen molar-refractivity contribution in [1.29, 1.82) is 0 Å². The summed E-state index contributed by atoms with van der Waals surface area (Å²) in [5.41, 5.74) is 2.97. The maximum absolute atomic E-state index is 3.32. The van der Waals surface area contributed by atoms with E-state index in [0.29, 0.717) is 6.04 Å². The van der Waals surface area contributed by atoms with Crippen LogP contribution in [0.4, 0.5) is 5.69 Å². The second kappa shape index (κ2) is 5.35. The standard InChI is InChI=1S/C14H22N2/c1-3-6-13(11-15-2)16-10-9-12-7-4-5-8-14(12)16/h4-5,7-8,13,15H,3,6,9-11H2,1-2H3. The molecule has 0 amide bonds. The van der Waals surface area contributed by atoms with E-state index in [1.165, 1.54) is 37.1 Å². The number of nitrogens with one attached hydrogen (secondary N) is 1. The van der Waals surface area contributed by atoms with Crippen LogP contribution in [0.2, 0.25) is 0 Å². The van der Waals surface area contributed by atoms with Crippen LogP contribution in [0.1, 0.15) is 25.3 Å². The number of nitrogens with zero attached hydrogens (tertiary/aromatic N) is 1. The van der Waals surface area contributed by atoms with Gasteiger partial charge in [0, 0.05) is 24.8 Å². The summed E-state index contributed by atoms with van der Waals surface area (Å²) in [6.45, 7) is 4.54. The molecule has 2 rings (SSSR count). The van der Waals surface area contributed by atoms with Crippen LogP contribution in [0, 0.1) is 0 Å². The predicted molar refractivity (Wildman–Crippen MR) is 70.1 cm³/mol. The molecule has 0 spiro atoms. The molecule has 16 heavy (non-hydrogen) atoms. The molecule has 1 unspecified atom stereocenters. The zero-order chi connectivity index (χ0) is 11.4. The Morgan fingerprint density at radius 2 is 2.19 bits per heavy atom. The molecule has 0 radical (unpaired) electrons. The first-order chi connectivity index (χ1) is 7.86. The van der Waals surface area contributed by atoms with E-state index >= 15 is 0 Å². The number of likely N-dealkylation sites (N-methyl/N-ethyl adjacent to an activating group) is 1. The lowest BCUT2D eigenvalue weighted by Crippen LogP contribution is -2.40. The predicted octanol–water partition coefficient (Wildman–Crippen LogP) is 2.44. The van der Waals surface area contributed by atoms with Gasteiger partial charge in [0.25, 0.3) is 0 Å². The fourth-order valence-corrected chi connectivity index (χ4v) is 2.68. The zero-order valence-electron chi connectivity index (χ0n) is 10.4. The molecule has 1 aromatic rings. The third kappa shape index (κ3) is 2.22. The van der Waals surface area contributed by atoms with Crippen molar-refractivity contribution in [3.05, 3.63) is 29.8 Å². The number of hydrogen-bond donors (Lipinski definition) is 1. The number of fused-ring (bicyclic) bond motifs is 1. The molecule has 1 atom stereocenters. The maximum Gasteiger partial charge on any atom is 0.0414 e. The van der Waals surface area contributed by atoms with Crippen LogP contribution in [0.25, 0.3) is 0 Å². The van der Waals surface area contributed by atoms with Crippen LogP contribution in [0.15, 0.2) is 24.3 Å². The van der Waals surface area contributed by atoms with Crippen molar-refractivity contribution in [2.45, 2.75) is 32.2 Å². The van der Waals surface area contributed by atoms with Crippen LogP contribution < -0.4 is 10.2 Å². The highest BCUT2D eigenvalue weighted by atomic mass is 15.2. The molecular formula is C14H22N2. The third-order valence-corrected chi connectivity index (χ3v) is 3.43. The monoisotopic (exact) mass is 218 g/mol. The molecule has 1 aliphatic heterocycles. The van der Waals surface area contributed by atoms with Gasteiger partial charge < -0.3 is 10.2 Å². The lowest BCUT2D eigenvalue weighted by molar-refractivity contribution is 0.528. The fraction of sp³-hybridized carbons (Fsp3) is 0.571. The van der Waals surface area contributed by atoms with E-state index in [0.717, 1.165) is 6.54 Å². The van der Waals surface area contributed by atoms with Gasteiger partial charge in [-0.25, -0.2) is 0 Å². The van der Waals surface area contributed by atoms with Crippen molar-refractivity contribution in [3.8, 4) is 0 Å². The van der Waals surface area contributed by atoms with E-state index in [-0.39, 0.29) is 0 Å². The quantitative estimate of drug-likeness (QED) is 0.816. The van der Waals surface area contributed by atoms with Gasteiger partial charge in [-0.05, 0) is 31.5 Å². The summed E-state index contributed by atoms with van der Waals surface area (Å²) in [4.78, 5) is 2.58. The minimum absolute atomic E-state index is 0.652. The molecule has 0 saturated carbocycles. The molecular weight excluding hydrogens is 196 g/mol. The second-order valence-corrected chi connectivity index (χ2v) is 4.57. The maximum atomic E-state index is 3.32. The van der Waals surface area contributed by atoms with Gasteiger partial charge >= 0.3 is 0 Å². The smallest absolute Gasteiger partial charge is 0.0414 e. The lowest BCUT2D eigenvalue weighted by Gasteiger charge is -2.30. The lowest BCUT2D eigenvalue weighted by atomic mass is 10.1. The van der Waals surface area contributed by atoms with Gasteiger partial charge in [-0.2, -0.15) is 0 Å². The van der Waals surface area contributed by atoms with Gasteiger partial charge in [-0.15, -0.1) is 0 Å². The summed E-state index contributed by atoms with van der Waals surface area (Å²) in [7, 11) is 2.05. The highest BCUT2D eigenvalue weighted by molar-refractivity contribution is 5.58. The highest BCUT2D eigenvalue weighted by Crippen LogP contribution is 2.30. The van der Waals surface area contributed by atoms with Crippen molar-refractivity contribution in [3.63, 3.8) is 0 Å². The minimum atomic E-state index is 0.652. The molecule has 0 bridgehead atoms. The summed E-state index contributed by atoms with van der Waals surface area (Å²) >= 11 is 0. The Balaban J connectivity index is 2.15. The van der Waals surface area contributed by atoms with E-state index in [1.54, 1.807) is 0 Å². The first-order valence-electron chi connectivity index (χ1n) is 6.36. The normalized spacial score (nSPS) is 16.2. The Kier molecular flexibility index (Phi) is 3.83. The van der Waals surface area contributed by atoms with Gasteiger partial charge in [0.1, 0.15) is 0 Å². The van der Waals surface area contributed by atoms with Gasteiger partial charge in [-0.3, -0.25) is 0 Å². The van der Waals surface area contributed by atoms with Crippen molar-refractivity contribution in [2.75, 3.05) is 25.0 Å². The van der Waals surface area contributed by atoms with Crippen molar-refractivity contribution in [2.24, 2.45) is 0 Å². The molecule has 1 N–H and O–H groups in total. The van der Waals surface area contributed by atoms with Crippen molar-refractivity contribution in [1.82, 2.24) is 5.32 Å². The summed E-state index contributed by atoms with van der Waals surface area (Å²) in [5.74, 6) is 0. The molecule has 0 saturated heterocycles. The van der Waals surface area contributed by atoms with Crippen LogP contribution in [0.3, 0.4) is 0 Å². The highest BCUT2D eigenvalue weighted by Gasteiger charge is 2.24. The summed E-state index contributed by atoms with van der Waals surface area (Å²) in [5, 5.41) is 3.32. The summed E-state index contributed by atoms with van der Waals surface area (Å²) in [6, 6.07) is 9.48. The van der Waals surface area contributed by atoms with E-state index in [1.807, 2.05) is 7.05 Å². The average Bonchev–Trinajstić information content (AvgIpc) is 2.72. The third-order valence-electron chi connectivity index (χ3n) is 3.43. The van der Waals surface area contributed by atoms with Gasteiger partial charge in [0.05, 0.1) is 0 Å². The average molecular weight is 218 g/mol. The first kappa shape index (κ1) is 11.5. The van der Waals surface area contributed by atoms with Crippen LogP contribution in [-0.2, 0) is 6.42 Å². The van der Waals surface area contributed by atoms with Gasteiger partial charge in [-0.1, -0.05) is 31.5 Å². The molecule has 88 valence electrons. The summed E-state index contributed by atoms with van der Waals surface area (Å²) in [6.07, 6.45) is 3.74. The second-order valence-electron chi connectivity index (χ2n) is 4.57. The summed E-state index contributed by atoms with van der Waals surface area (Å²) < 4.78 is 0. The van der Waals surface area contributed by atoms with E-state index in [2.05, 4.69) is 41.4 Å². The Morgan fingerprint density at radius 1 is 1.38 bits per heavy atom. The van der Waals surface area contributed by atoms with E-state index in [4.69, 9.17) is 0 Å². The van der Waals surface area contributed by atoms with Crippen LogP contribution >= 0.6 is 0 Å². The number of anilines is 1. The molecule has 0 aromatic heterocycles. The number of para-hydroxylation sites is 1. The molecule has 2 nitrogen and oxygen atoms in total. The molecule has 1 heterocycles. The minimum Gasteiger partial charge on any atom is -0.367 e. The van der Waals surface area contributed by atoms with Crippen LogP contribution in [0.5, 0.6) is 0 Å². The molecule has 0 fully saturated rings. The Labute approximate surface area is 98.7 Å². The SMILES string of the molecule is CCCC(CNC)N1CCc2ccccc21. The fourth-order valence-electron chi connectivity index (χ4n) is 2.68. The molecule has 2 heteroatoms. The van der Waals surface area contributed by atoms with Gasteiger partial charge in [0.15, 0.2) is 0 Å². The van der Waals surface area contributed by atoms with E-state index in [9.17, 15) is 0 Å². The number of rotatable bonds is 5. The topological polar surface area (TPSA) is 15.3 Å². The Bertz CT molecular complexity index is 329. The van der Waals surface area contributed by atoms with Crippen LogP contribution in [-0.4, -0.2) is 26.2 Å². The molecule has 1 aliphatic rings. The number of hydrogen-bond acceptors (Lipinski definition) is 2. The van der Waals surface area contributed by atoms with E-state index < -0.39 is 0 Å². The first-order valence-corrected chi connectivity index (χ1v) is 6.36. The van der Waals surface area contributed by atoms with Crippen molar-refractivity contribution < 1.29 is 0 Å².